The summed E-state index contributed by atoms with van der Waals surface area (Å²) in [6, 6.07) is 4.73. The van der Waals surface area contributed by atoms with Crippen LogP contribution in [0.2, 0.25) is 5.02 Å². The van der Waals surface area contributed by atoms with Crippen molar-refractivity contribution in [1.29, 1.82) is 0 Å². The molecule has 1 aliphatic rings. The van der Waals surface area contributed by atoms with E-state index in [-0.39, 0.29) is 22.0 Å². The number of carbonyl (C=O) groups is 1. The average Bonchev–Trinajstić information content (AvgIpc) is 3.02. The smallest absolute Gasteiger partial charge is 0.271 e. The molecule has 0 saturated carbocycles. The molecular weight excluding hydrogens is 333 g/mol. The van der Waals surface area contributed by atoms with Crippen LogP contribution >= 0.6 is 11.6 Å². The van der Waals surface area contributed by atoms with E-state index >= 15 is 0 Å². The van der Waals surface area contributed by atoms with Crippen LogP contribution in [0.3, 0.4) is 0 Å². The first-order valence-electron chi connectivity index (χ1n) is 7.74. The lowest BCUT2D eigenvalue weighted by Gasteiger charge is -2.17. The van der Waals surface area contributed by atoms with E-state index in [1.54, 1.807) is 12.1 Å². The maximum Gasteiger partial charge on any atom is 0.271 e. The molecule has 2 aromatic rings. The van der Waals surface area contributed by atoms with E-state index in [4.69, 9.17) is 17.3 Å². The van der Waals surface area contributed by atoms with Crippen molar-refractivity contribution in [2.24, 2.45) is 5.73 Å². The van der Waals surface area contributed by atoms with E-state index in [0.29, 0.717) is 25.1 Å². The summed E-state index contributed by atoms with van der Waals surface area (Å²) in [5.74, 6) is -1.18. The molecule has 5 nitrogen and oxygen atoms in total. The largest absolute Gasteiger partial charge is 0.365 e. The molecule has 0 saturated heterocycles. The van der Waals surface area contributed by atoms with Crippen molar-refractivity contribution in [2.45, 2.75) is 32.7 Å². The minimum atomic E-state index is -0.698. The fraction of sp³-hybridized carbons (Fsp3) is 0.294. The lowest BCUT2D eigenvalue weighted by Crippen LogP contribution is -2.27. The van der Waals surface area contributed by atoms with Crippen LogP contribution in [0, 0.1) is 5.82 Å². The first-order chi connectivity index (χ1) is 11.4. The van der Waals surface area contributed by atoms with E-state index < -0.39 is 17.3 Å². The molecule has 126 valence electrons. The third-order valence-electron chi connectivity index (χ3n) is 4.26. The Morgan fingerprint density at radius 1 is 1.46 bits per heavy atom. The van der Waals surface area contributed by atoms with Gasteiger partial charge in [-0.3, -0.25) is 9.59 Å². The number of pyridine rings is 1. The Labute approximate surface area is 143 Å². The molecule has 3 N–H and O–H groups in total. The zero-order chi connectivity index (χ0) is 17.4. The predicted octanol–water partition coefficient (Wildman–Crippen LogP) is 2.99. The number of aromatic nitrogens is 1. The molecular formula is C17H17ClFN3O2. The van der Waals surface area contributed by atoms with Gasteiger partial charge in [0.15, 0.2) is 0 Å². The van der Waals surface area contributed by atoms with Gasteiger partial charge in [-0.1, -0.05) is 24.6 Å². The van der Waals surface area contributed by atoms with Crippen molar-refractivity contribution >= 4 is 28.9 Å². The number of hydrogen-bond acceptors (Lipinski definition) is 3. The Hall–Kier alpha value is -2.34. The van der Waals surface area contributed by atoms with E-state index in [9.17, 15) is 14.0 Å². The average molecular weight is 350 g/mol. The summed E-state index contributed by atoms with van der Waals surface area (Å²) in [7, 11) is 0. The highest BCUT2D eigenvalue weighted by molar-refractivity contribution is 6.34. The Bertz CT molecular complexity index is 892. The van der Waals surface area contributed by atoms with E-state index in [1.807, 2.05) is 6.92 Å². The minimum Gasteiger partial charge on any atom is -0.365 e. The van der Waals surface area contributed by atoms with Crippen molar-refractivity contribution in [1.82, 2.24) is 4.57 Å². The molecule has 0 spiro atoms. The quantitative estimate of drug-likeness (QED) is 0.890. The monoisotopic (exact) mass is 349 g/mol. The highest BCUT2D eigenvalue weighted by Gasteiger charge is 2.27. The number of hydrogen-bond donors (Lipinski definition) is 2. The highest BCUT2D eigenvalue weighted by Crippen LogP contribution is 2.32. The van der Waals surface area contributed by atoms with Gasteiger partial charge < -0.3 is 15.6 Å². The van der Waals surface area contributed by atoms with Gasteiger partial charge in [0.25, 0.3) is 11.5 Å². The topological polar surface area (TPSA) is 77.1 Å². The Kier molecular flexibility index (Phi) is 4.32. The number of anilines is 2. The van der Waals surface area contributed by atoms with Crippen LogP contribution in [0.1, 0.15) is 35.0 Å². The Morgan fingerprint density at radius 2 is 2.21 bits per heavy atom. The summed E-state index contributed by atoms with van der Waals surface area (Å²) in [6.07, 6.45) is 1.98. The fourth-order valence-electron chi connectivity index (χ4n) is 3.04. The van der Waals surface area contributed by atoms with Crippen molar-refractivity contribution in [3.8, 4) is 0 Å². The van der Waals surface area contributed by atoms with Crippen LogP contribution in [0.25, 0.3) is 0 Å². The fourth-order valence-corrected chi connectivity index (χ4v) is 3.28. The number of amides is 1. The SMILES string of the molecule is CCc1ccc(Nc2c(C(N)=O)c3n(c(=O)c2Cl)CCC3)c(F)c1. The summed E-state index contributed by atoms with van der Waals surface area (Å²) in [5.41, 5.74) is 6.85. The van der Waals surface area contributed by atoms with Crippen LogP contribution in [-0.2, 0) is 19.4 Å². The van der Waals surface area contributed by atoms with Gasteiger partial charge in [-0.05, 0) is 37.0 Å². The van der Waals surface area contributed by atoms with Crippen LogP contribution in [0.15, 0.2) is 23.0 Å². The Morgan fingerprint density at radius 3 is 2.83 bits per heavy atom. The third-order valence-corrected chi connectivity index (χ3v) is 4.61. The number of halogens is 2. The first-order valence-corrected chi connectivity index (χ1v) is 8.12. The molecule has 1 amide bonds. The summed E-state index contributed by atoms with van der Waals surface area (Å²) in [4.78, 5) is 24.3. The molecule has 0 atom stereocenters. The minimum absolute atomic E-state index is 0.0745. The molecule has 1 aromatic carbocycles. The number of primary amides is 1. The predicted molar refractivity (Wildman–Crippen MR) is 91.6 cm³/mol. The lowest BCUT2D eigenvalue weighted by atomic mass is 10.1. The molecule has 2 heterocycles. The second-order valence-electron chi connectivity index (χ2n) is 5.73. The molecule has 0 unspecified atom stereocenters. The lowest BCUT2D eigenvalue weighted by molar-refractivity contribution is 0.0999. The molecule has 0 fully saturated rings. The number of fused-ring (bicyclic) bond motifs is 1. The summed E-state index contributed by atoms with van der Waals surface area (Å²) >= 11 is 6.16. The molecule has 3 rings (SSSR count). The second kappa shape index (κ2) is 6.28. The van der Waals surface area contributed by atoms with Crippen molar-refractivity contribution in [3.63, 3.8) is 0 Å². The van der Waals surface area contributed by atoms with Crippen LogP contribution < -0.4 is 16.6 Å². The third kappa shape index (κ3) is 2.67. The van der Waals surface area contributed by atoms with Gasteiger partial charge in [0.05, 0.1) is 16.9 Å². The molecule has 0 aliphatic carbocycles. The van der Waals surface area contributed by atoms with Gasteiger partial charge in [-0.25, -0.2) is 4.39 Å². The molecule has 7 heteroatoms. The number of nitrogens with one attached hydrogen (secondary N) is 1. The Balaban J connectivity index is 2.16. The van der Waals surface area contributed by atoms with E-state index in [1.165, 1.54) is 10.6 Å². The summed E-state index contributed by atoms with van der Waals surface area (Å²) in [6.45, 7) is 2.42. The number of aryl methyl sites for hydroxylation is 1. The summed E-state index contributed by atoms with van der Waals surface area (Å²) in [5, 5.41) is 2.63. The molecule has 1 aliphatic heterocycles. The maximum absolute atomic E-state index is 14.3. The zero-order valence-corrected chi connectivity index (χ0v) is 13.9. The number of nitrogens with zero attached hydrogens (tertiary/aromatic N) is 1. The van der Waals surface area contributed by atoms with Crippen LogP contribution in [0.5, 0.6) is 0 Å². The van der Waals surface area contributed by atoms with E-state index in [0.717, 1.165) is 12.0 Å². The van der Waals surface area contributed by atoms with Crippen LogP contribution in [0.4, 0.5) is 15.8 Å². The maximum atomic E-state index is 14.3. The molecule has 1 aromatic heterocycles. The number of nitrogens with two attached hydrogens (primary N) is 1. The van der Waals surface area contributed by atoms with E-state index in [2.05, 4.69) is 5.32 Å². The van der Waals surface area contributed by atoms with Crippen molar-refractivity contribution in [3.05, 3.63) is 56.2 Å². The number of carbonyl (C=O) groups excluding carboxylic acids is 1. The summed E-state index contributed by atoms with van der Waals surface area (Å²) < 4.78 is 15.7. The number of benzene rings is 1. The second-order valence-corrected chi connectivity index (χ2v) is 6.11. The van der Waals surface area contributed by atoms with Gasteiger partial charge in [-0.15, -0.1) is 0 Å². The molecule has 0 radical (unpaired) electrons. The first kappa shape index (κ1) is 16.5. The normalized spacial score (nSPS) is 13.0. The molecule has 0 bridgehead atoms. The standard InChI is InChI=1S/C17H17ClFN3O2/c1-2-9-5-6-11(10(19)8-9)21-15-13(16(20)23)12-4-3-7-22(12)17(24)14(15)18/h5-6,8,21H,2-4,7H2,1H3,(H2,20,23). The van der Waals surface area contributed by atoms with Crippen molar-refractivity contribution < 1.29 is 9.18 Å². The van der Waals surface area contributed by atoms with Crippen molar-refractivity contribution in [2.75, 3.05) is 5.32 Å². The van der Waals surface area contributed by atoms with Crippen LogP contribution in [-0.4, -0.2) is 10.5 Å². The molecule has 24 heavy (non-hydrogen) atoms. The van der Waals surface area contributed by atoms with Gasteiger partial charge in [0.2, 0.25) is 0 Å². The zero-order valence-electron chi connectivity index (χ0n) is 13.2. The highest BCUT2D eigenvalue weighted by atomic mass is 35.5. The number of rotatable bonds is 4. The van der Waals surface area contributed by atoms with Gasteiger partial charge in [0, 0.05) is 12.2 Å². The van der Waals surface area contributed by atoms with Gasteiger partial charge in [-0.2, -0.15) is 0 Å². The van der Waals surface area contributed by atoms with Gasteiger partial charge in [0.1, 0.15) is 10.8 Å². The van der Waals surface area contributed by atoms with Gasteiger partial charge >= 0.3 is 0 Å².